The quantitative estimate of drug-likeness (QED) is 0.189. The fraction of sp³-hybridized carbons (Fsp3) is 0.192. The molecule has 0 aliphatic carbocycles. The molecule has 0 atom stereocenters. The number of nitro groups is 1. The van der Waals surface area contributed by atoms with Crippen molar-refractivity contribution in [2.24, 2.45) is 5.10 Å². The van der Waals surface area contributed by atoms with Crippen LogP contribution < -0.4 is 10.3 Å². The molecule has 0 aliphatic rings. The molecular formula is C26H23ClN4O4. The maximum atomic E-state index is 13.5. The van der Waals surface area contributed by atoms with Crippen LogP contribution in [0.5, 0.6) is 5.75 Å². The monoisotopic (exact) mass is 490 g/mol. The Morgan fingerprint density at radius 3 is 2.60 bits per heavy atom. The molecule has 0 unspecified atom stereocenters. The smallest absolute Gasteiger partial charge is 0.288 e. The van der Waals surface area contributed by atoms with Crippen LogP contribution in [0.1, 0.15) is 36.5 Å². The molecule has 1 heterocycles. The molecular weight excluding hydrogens is 468 g/mol. The Labute approximate surface area is 206 Å². The number of ether oxygens (including phenoxy) is 1. The molecule has 0 aliphatic heterocycles. The lowest BCUT2D eigenvalue weighted by molar-refractivity contribution is -0.384. The number of rotatable bonds is 6. The van der Waals surface area contributed by atoms with Gasteiger partial charge in [0.1, 0.15) is 10.8 Å². The van der Waals surface area contributed by atoms with E-state index in [2.05, 4.69) is 18.9 Å². The minimum atomic E-state index is -0.566. The summed E-state index contributed by atoms with van der Waals surface area (Å²) in [4.78, 5) is 29.0. The van der Waals surface area contributed by atoms with Crippen LogP contribution in [0.3, 0.4) is 0 Å². The number of aryl methyl sites for hydroxylation is 1. The Bertz CT molecular complexity index is 1540. The van der Waals surface area contributed by atoms with Crippen molar-refractivity contribution in [1.29, 1.82) is 0 Å². The van der Waals surface area contributed by atoms with E-state index in [1.165, 1.54) is 23.0 Å². The predicted molar refractivity (Wildman–Crippen MR) is 138 cm³/mol. The first-order valence-electron chi connectivity index (χ1n) is 10.9. The van der Waals surface area contributed by atoms with E-state index in [4.69, 9.17) is 21.3 Å². The lowest BCUT2D eigenvalue weighted by atomic mass is 9.96. The molecule has 0 saturated heterocycles. The Kier molecular flexibility index (Phi) is 6.66. The van der Waals surface area contributed by atoms with Crippen molar-refractivity contribution in [3.63, 3.8) is 0 Å². The van der Waals surface area contributed by atoms with E-state index in [1.54, 1.807) is 31.4 Å². The van der Waals surface area contributed by atoms with E-state index >= 15 is 0 Å². The maximum Gasteiger partial charge on any atom is 0.288 e. The topological polar surface area (TPSA) is 99.6 Å². The second kappa shape index (κ2) is 9.68. The molecule has 1 aromatic heterocycles. The van der Waals surface area contributed by atoms with Gasteiger partial charge in [-0.1, -0.05) is 43.6 Å². The maximum absolute atomic E-state index is 13.5. The highest BCUT2D eigenvalue weighted by molar-refractivity contribution is 6.32. The van der Waals surface area contributed by atoms with Crippen molar-refractivity contribution in [2.75, 3.05) is 7.11 Å². The molecule has 9 heteroatoms. The van der Waals surface area contributed by atoms with Crippen molar-refractivity contribution in [2.45, 2.75) is 26.7 Å². The van der Waals surface area contributed by atoms with Crippen LogP contribution in [0.2, 0.25) is 5.02 Å². The van der Waals surface area contributed by atoms with E-state index in [-0.39, 0.29) is 22.2 Å². The zero-order chi connectivity index (χ0) is 25.3. The molecule has 35 heavy (non-hydrogen) atoms. The number of benzene rings is 3. The summed E-state index contributed by atoms with van der Waals surface area (Å²) < 4.78 is 6.79. The molecule has 178 valence electrons. The van der Waals surface area contributed by atoms with Crippen molar-refractivity contribution in [3.8, 4) is 17.1 Å². The largest absolute Gasteiger partial charge is 0.496 e. The molecule has 8 nitrogen and oxygen atoms in total. The van der Waals surface area contributed by atoms with E-state index in [0.29, 0.717) is 22.3 Å². The highest BCUT2D eigenvalue weighted by atomic mass is 35.5. The van der Waals surface area contributed by atoms with Gasteiger partial charge in [-0.3, -0.25) is 14.9 Å². The van der Waals surface area contributed by atoms with Crippen LogP contribution in [0, 0.1) is 17.0 Å². The number of para-hydroxylation sites is 1. The van der Waals surface area contributed by atoms with Crippen LogP contribution >= 0.6 is 11.6 Å². The Morgan fingerprint density at radius 1 is 1.17 bits per heavy atom. The number of nitro benzene ring substituents is 1. The van der Waals surface area contributed by atoms with Crippen LogP contribution in [0.25, 0.3) is 22.3 Å². The van der Waals surface area contributed by atoms with Crippen molar-refractivity contribution < 1.29 is 9.66 Å². The second-order valence-electron chi connectivity index (χ2n) is 8.35. The van der Waals surface area contributed by atoms with Gasteiger partial charge in [-0.15, -0.1) is 0 Å². The second-order valence-corrected chi connectivity index (χ2v) is 8.75. The van der Waals surface area contributed by atoms with E-state index in [9.17, 15) is 14.9 Å². The first-order valence-corrected chi connectivity index (χ1v) is 11.3. The van der Waals surface area contributed by atoms with Gasteiger partial charge in [-0.25, -0.2) is 4.98 Å². The molecule has 4 aromatic rings. The van der Waals surface area contributed by atoms with E-state index in [0.717, 1.165) is 22.4 Å². The molecule has 0 fully saturated rings. The number of hydrogen-bond donors (Lipinski definition) is 0. The van der Waals surface area contributed by atoms with Gasteiger partial charge >= 0.3 is 0 Å². The van der Waals surface area contributed by atoms with Gasteiger partial charge in [0.05, 0.1) is 29.2 Å². The third-order valence-electron chi connectivity index (χ3n) is 5.68. The predicted octanol–water partition coefficient (Wildman–Crippen LogP) is 5.95. The normalized spacial score (nSPS) is 11.5. The molecule has 0 radical (unpaired) electrons. The summed E-state index contributed by atoms with van der Waals surface area (Å²) in [5.41, 5.74) is 2.93. The summed E-state index contributed by atoms with van der Waals surface area (Å²) in [7, 11) is 1.63. The van der Waals surface area contributed by atoms with Gasteiger partial charge < -0.3 is 4.74 Å². The zero-order valence-corrected chi connectivity index (χ0v) is 20.4. The summed E-state index contributed by atoms with van der Waals surface area (Å²) in [6, 6.07) is 15.3. The third-order valence-corrected chi connectivity index (χ3v) is 6.00. The van der Waals surface area contributed by atoms with Gasteiger partial charge in [0.2, 0.25) is 0 Å². The number of nitrogens with zero attached hydrogens (tertiary/aromatic N) is 4. The Balaban J connectivity index is 1.97. The van der Waals surface area contributed by atoms with Crippen molar-refractivity contribution in [3.05, 3.63) is 96.8 Å². The highest BCUT2D eigenvalue weighted by Gasteiger charge is 2.18. The highest BCUT2D eigenvalue weighted by Crippen LogP contribution is 2.34. The van der Waals surface area contributed by atoms with E-state index < -0.39 is 4.92 Å². The van der Waals surface area contributed by atoms with Crippen LogP contribution in [0.4, 0.5) is 5.69 Å². The average molecular weight is 491 g/mol. The Morgan fingerprint density at radius 2 is 1.91 bits per heavy atom. The Hall–Kier alpha value is -4.04. The minimum Gasteiger partial charge on any atom is -0.496 e. The molecule has 4 rings (SSSR count). The summed E-state index contributed by atoms with van der Waals surface area (Å²) in [6.45, 7) is 6.03. The SMILES string of the molecule is COc1cc(C)c(-c2nc3ccccc3c(=O)n2N=Cc2ccc(Cl)c([N+](=O)[O-])c2)cc1C(C)C. The number of aromatic nitrogens is 2. The standard InChI is InChI=1S/C26H23ClN4O4/c1-15(2)19-13-20(16(3)11-24(19)35-4)25-29-22-8-6-5-7-18(22)26(32)30(25)28-14-17-9-10-21(27)23(12-17)31(33)34/h5-15H,1-4H3. The minimum absolute atomic E-state index is 0.0208. The molecule has 3 aromatic carbocycles. The van der Waals surface area contributed by atoms with E-state index in [1.807, 2.05) is 25.1 Å². The summed E-state index contributed by atoms with van der Waals surface area (Å²) in [6.07, 6.45) is 1.38. The number of halogens is 1. The van der Waals surface area contributed by atoms with Crippen LogP contribution in [0.15, 0.2) is 64.5 Å². The van der Waals surface area contributed by atoms with Crippen molar-refractivity contribution >= 4 is 34.4 Å². The van der Waals surface area contributed by atoms with Gasteiger partial charge in [0, 0.05) is 17.2 Å². The molecule has 0 amide bonds. The number of methoxy groups -OCH3 is 1. The summed E-state index contributed by atoms with van der Waals surface area (Å²) in [5, 5.41) is 16.1. The first kappa shape index (κ1) is 24.1. The van der Waals surface area contributed by atoms with Gasteiger partial charge in [-0.05, 0) is 54.3 Å². The molecule has 0 bridgehead atoms. The van der Waals surface area contributed by atoms with Crippen LogP contribution in [-0.4, -0.2) is 27.9 Å². The van der Waals surface area contributed by atoms with Gasteiger partial charge in [0.25, 0.3) is 11.2 Å². The van der Waals surface area contributed by atoms with Gasteiger partial charge in [0.15, 0.2) is 5.82 Å². The molecule has 0 saturated carbocycles. The van der Waals surface area contributed by atoms with Crippen LogP contribution in [-0.2, 0) is 0 Å². The number of hydrogen-bond acceptors (Lipinski definition) is 6. The lowest BCUT2D eigenvalue weighted by Gasteiger charge is -2.17. The van der Waals surface area contributed by atoms with Crippen molar-refractivity contribution in [1.82, 2.24) is 9.66 Å². The molecule has 0 spiro atoms. The fourth-order valence-electron chi connectivity index (χ4n) is 3.85. The number of fused-ring (bicyclic) bond motifs is 1. The van der Waals surface area contributed by atoms with Gasteiger partial charge in [-0.2, -0.15) is 9.78 Å². The lowest BCUT2D eigenvalue weighted by Crippen LogP contribution is -2.20. The fourth-order valence-corrected chi connectivity index (χ4v) is 4.03. The molecule has 0 N–H and O–H groups in total. The average Bonchev–Trinajstić information content (AvgIpc) is 2.83. The third kappa shape index (κ3) is 4.65. The summed E-state index contributed by atoms with van der Waals surface area (Å²) in [5.74, 6) is 1.28. The zero-order valence-electron chi connectivity index (χ0n) is 19.7. The summed E-state index contributed by atoms with van der Waals surface area (Å²) >= 11 is 5.93. The first-order chi connectivity index (χ1) is 16.7.